The highest BCUT2D eigenvalue weighted by atomic mass is 16.5. The first-order valence-electron chi connectivity index (χ1n) is 14.0. The first kappa shape index (κ1) is 27.6. The quantitative estimate of drug-likeness (QED) is 0.343. The maximum absolute atomic E-state index is 13.4. The summed E-state index contributed by atoms with van der Waals surface area (Å²) in [6.45, 7) is 7.53. The lowest BCUT2D eigenvalue weighted by Crippen LogP contribution is -2.33. The lowest BCUT2D eigenvalue weighted by atomic mass is 9.75. The molecule has 0 saturated carbocycles. The largest absolute Gasteiger partial charge is 0.493 e. The molecule has 1 fully saturated rings. The van der Waals surface area contributed by atoms with Crippen LogP contribution in [0.5, 0.6) is 11.5 Å². The molecule has 1 aliphatic heterocycles. The number of aryl methyl sites for hydroxylation is 2. The summed E-state index contributed by atoms with van der Waals surface area (Å²) in [4.78, 5) is 20.4. The van der Waals surface area contributed by atoms with Gasteiger partial charge in [-0.2, -0.15) is 4.98 Å². The minimum absolute atomic E-state index is 0.149. The van der Waals surface area contributed by atoms with Crippen LogP contribution in [-0.2, 0) is 10.2 Å². The second-order valence-electron chi connectivity index (χ2n) is 10.6. The molecule has 8 heteroatoms. The van der Waals surface area contributed by atoms with Gasteiger partial charge in [-0.05, 0) is 68.1 Å². The second kappa shape index (κ2) is 12.5. The third kappa shape index (κ3) is 6.45. The number of nitrogens with zero attached hydrogens (tertiary/aromatic N) is 3. The number of ether oxygens (including phenoxy) is 2. The number of piperidine rings is 1. The molecule has 3 aromatic rings. The van der Waals surface area contributed by atoms with Crippen LogP contribution in [0.2, 0.25) is 0 Å². The van der Waals surface area contributed by atoms with E-state index in [2.05, 4.69) is 51.6 Å². The van der Waals surface area contributed by atoms with Crippen LogP contribution in [0.15, 0.2) is 65.2 Å². The molecule has 1 saturated heterocycles. The predicted molar refractivity (Wildman–Crippen MR) is 156 cm³/mol. The molecule has 2 aromatic carbocycles. The third-order valence-electron chi connectivity index (χ3n) is 7.73. The average Bonchev–Trinajstić information content (AvgIpc) is 3.41. The molecule has 1 amide bonds. The number of hydrogen-bond acceptors (Lipinski definition) is 7. The fraction of sp³-hybridized carbons (Fsp3) is 0.406. The number of aromatic nitrogens is 2. The second-order valence-corrected chi connectivity index (χ2v) is 10.6. The van der Waals surface area contributed by atoms with E-state index in [1.807, 2.05) is 36.4 Å². The summed E-state index contributed by atoms with van der Waals surface area (Å²) in [5.74, 6) is 2.08. The van der Waals surface area contributed by atoms with Crippen molar-refractivity contribution < 1.29 is 18.8 Å². The standard InChI is InChI=1S/C32H38N4O4/c1-23-9-5-6-10-27(23)25-13-15-32(16-14-25,31-33-24(2)40-35-31)22-30(37)34-26-11-12-28(38-3)29(21-26)39-20-19-36-17-7-4-8-18-36/h5-6,9-15,21H,4,7-8,16-20,22H2,1-3H3,(H,34,37). The molecule has 40 heavy (non-hydrogen) atoms. The number of carbonyl (C=O) groups is 1. The highest BCUT2D eigenvalue weighted by molar-refractivity contribution is 5.92. The normalized spacial score (nSPS) is 19.2. The zero-order valence-electron chi connectivity index (χ0n) is 23.6. The summed E-state index contributed by atoms with van der Waals surface area (Å²) in [6.07, 6.45) is 10.8. The smallest absolute Gasteiger partial charge is 0.225 e. The van der Waals surface area contributed by atoms with E-state index >= 15 is 0 Å². The Hall–Kier alpha value is -3.91. The molecule has 2 heterocycles. The van der Waals surface area contributed by atoms with Crippen molar-refractivity contribution in [1.29, 1.82) is 0 Å². The minimum Gasteiger partial charge on any atom is -0.493 e. The van der Waals surface area contributed by atoms with E-state index in [-0.39, 0.29) is 12.3 Å². The molecule has 1 aliphatic carbocycles. The number of amides is 1. The van der Waals surface area contributed by atoms with E-state index in [1.54, 1.807) is 14.0 Å². The average molecular weight is 543 g/mol. The van der Waals surface area contributed by atoms with E-state index in [0.717, 1.165) is 25.2 Å². The zero-order valence-corrected chi connectivity index (χ0v) is 23.6. The van der Waals surface area contributed by atoms with Gasteiger partial charge in [-0.1, -0.05) is 54.1 Å². The summed E-state index contributed by atoms with van der Waals surface area (Å²) in [6, 6.07) is 13.8. The van der Waals surface area contributed by atoms with Crippen LogP contribution >= 0.6 is 0 Å². The van der Waals surface area contributed by atoms with Gasteiger partial charge >= 0.3 is 0 Å². The molecule has 1 N–H and O–H groups in total. The molecular formula is C32H38N4O4. The van der Waals surface area contributed by atoms with Gasteiger partial charge in [0, 0.05) is 31.6 Å². The van der Waals surface area contributed by atoms with Gasteiger partial charge in [-0.3, -0.25) is 9.69 Å². The molecule has 210 valence electrons. The Labute approximate surface area is 236 Å². The number of carbonyl (C=O) groups excluding carboxylic acids is 1. The van der Waals surface area contributed by atoms with Crippen molar-refractivity contribution in [2.45, 2.75) is 51.4 Å². The summed E-state index contributed by atoms with van der Waals surface area (Å²) >= 11 is 0. The van der Waals surface area contributed by atoms with E-state index in [9.17, 15) is 4.79 Å². The highest BCUT2D eigenvalue weighted by Gasteiger charge is 2.38. The fourth-order valence-electron chi connectivity index (χ4n) is 5.48. The predicted octanol–water partition coefficient (Wildman–Crippen LogP) is 5.87. The molecule has 1 aromatic heterocycles. The number of allylic oxidation sites excluding steroid dienone is 4. The molecular weight excluding hydrogens is 504 g/mol. The maximum Gasteiger partial charge on any atom is 0.225 e. The zero-order chi connectivity index (χ0) is 28.0. The number of anilines is 1. The Bertz CT molecular complexity index is 1390. The van der Waals surface area contributed by atoms with Crippen molar-refractivity contribution in [3.8, 4) is 11.5 Å². The number of methoxy groups -OCH3 is 1. The van der Waals surface area contributed by atoms with Crippen molar-refractivity contribution >= 4 is 17.2 Å². The monoisotopic (exact) mass is 542 g/mol. The minimum atomic E-state index is -0.714. The first-order chi connectivity index (χ1) is 19.5. The maximum atomic E-state index is 13.4. The topological polar surface area (TPSA) is 89.7 Å². The van der Waals surface area contributed by atoms with Crippen LogP contribution in [0.3, 0.4) is 0 Å². The van der Waals surface area contributed by atoms with Crippen molar-refractivity contribution in [2.24, 2.45) is 0 Å². The van der Waals surface area contributed by atoms with Crippen molar-refractivity contribution in [3.05, 3.63) is 83.5 Å². The van der Waals surface area contributed by atoms with Gasteiger partial charge in [0.05, 0.1) is 12.5 Å². The van der Waals surface area contributed by atoms with Crippen LogP contribution < -0.4 is 14.8 Å². The number of rotatable bonds is 10. The van der Waals surface area contributed by atoms with Crippen molar-refractivity contribution in [3.63, 3.8) is 0 Å². The molecule has 0 spiro atoms. The summed E-state index contributed by atoms with van der Waals surface area (Å²) in [7, 11) is 1.62. The molecule has 8 nitrogen and oxygen atoms in total. The van der Waals surface area contributed by atoms with Gasteiger partial charge in [-0.15, -0.1) is 0 Å². The van der Waals surface area contributed by atoms with Gasteiger partial charge in [0.25, 0.3) is 0 Å². The van der Waals surface area contributed by atoms with E-state index < -0.39 is 5.41 Å². The third-order valence-corrected chi connectivity index (χ3v) is 7.73. The Morgan fingerprint density at radius 3 is 2.62 bits per heavy atom. The van der Waals surface area contributed by atoms with Gasteiger partial charge in [0.2, 0.25) is 11.8 Å². The van der Waals surface area contributed by atoms with E-state index in [4.69, 9.17) is 14.0 Å². The van der Waals surface area contributed by atoms with Crippen LogP contribution in [0, 0.1) is 13.8 Å². The van der Waals surface area contributed by atoms with Crippen LogP contribution in [0.4, 0.5) is 5.69 Å². The highest BCUT2D eigenvalue weighted by Crippen LogP contribution is 2.39. The molecule has 1 unspecified atom stereocenters. The molecule has 0 bridgehead atoms. The van der Waals surface area contributed by atoms with Gasteiger partial charge in [0.1, 0.15) is 6.61 Å². The van der Waals surface area contributed by atoms with Crippen molar-refractivity contribution in [2.75, 3.05) is 38.7 Å². The molecule has 2 aliphatic rings. The lowest BCUT2D eigenvalue weighted by Gasteiger charge is -2.29. The Morgan fingerprint density at radius 2 is 1.93 bits per heavy atom. The fourth-order valence-corrected chi connectivity index (χ4v) is 5.48. The van der Waals surface area contributed by atoms with Gasteiger partial charge in [0.15, 0.2) is 17.3 Å². The summed E-state index contributed by atoms with van der Waals surface area (Å²) in [5.41, 5.74) is 3.43. The Kier molecular flexibility index (Phi) is 8.65. The number of likely N-dealkylation sites (tertiary alicyclic amines) is 1. The van der Waals surface area contributed by atoms with E-state index in [1.165, 1.54) is 30.4 Å². The lowest BCUT2D eigenvalue weighted by molar-refractivity contribution is -0.117. The van der Waals surface area contributed by atoms with Crippen LogP contribution in [0.25, 0.3) is 5.57 Å². The molecule has 0 radical (unpaired) electrons. The Morgan fingerprint density at radius 1 is 1.10 bits per heavy atom. The summed E-state index contributed by atoms with van der Waals surface area (Å²) < 4.78 is 16.9. The number of benzene rings is 2. The molecule has 1 atom stereocenters. The number of hydrogen-bond donors (Lipinski definition) is 1. The van der Waals surface area contributed by atoms with Gasteiger partial charge < -0.3 is 19.3 Å². The SMILES string of the molecule is COc1ccc(NC(=O)CC2(c3noc(C)n3)C=CC(c3ccccc3C)=CC2)cc1OCCN1CCCCC1. The summed E-state index contributed by atoms with van der Waals surface area (Å²) in [5, 5.41) is 7.26. The van der Waals surface area contributed by atoms with Crippen molar-refractivity contribution in [1.82, 2.24) is 15.0 Å². The first-order valence-corrected chi connectivity index (χ1v) is 14.0. The van der Waals surface area contributed by atoms with Gasteiger partial charge in [-0.25, -0.2) is 0 Å². The van der Waals surface area contributed by atoms with E-state index in [0.29, 0.717) is 41.9 Å². The van der Waals surface area contributed by atoms with Crippen LogP contribution in [0.1, 0.15) is 54.9 Å². The van der Waals surface area contributed by atoms with Crippen LogP contribution in [-0.4, -0.2) is 54.3 Å². The Balaban J connectivity index is 1.29. The number of nitrogens with one attached hydrogen (secondary N) is 1. The molecule has 5 rings (SSSR count).